The summed E-state index contributed by atoms with van der Waals surface area (Å²) in [5.41, 5.74) is 4.69. The molecule has 0 aliphatic carbocycles. The van der Waals surface area contributed by atoms with Gasteiger partial charge >= 0.3 is 0 Å². The molecule has 2 amide bonds. The lowest BCUT2D eigenvalue weighted by atomic mass is 10.1. The monoisotopic (exact) mass is 421 g/mol. The Morgan fingerprint density at radius 3 is 2.11 bits per heavy atom. The van der Waals surface area contributed by atoms with Crippen molar-refractivity contribution in [2.75, 3.05) is 0 Å². The Bertz CT molecular complexity index is 1060. The third-order valence-corrected chi connectivity index (χ3v) is 5.17. The number of carbonyl (C=O) groups is 2. The number of fused-ring (bicyclic) bond motifs is 1. The van der Waals surface area contributed by atoms with E-state index in [1.54, 1.807) is 30.5 Å². The van der Waals surface area contributed by atoms with Crippen molar-refractivity contribution in [2.24, 2.45) is 5.10 Å². The van der Waals surface area contributed by atoms with Crippen molar-refractivity contribution in [1.82, 2.24) is 9.58 Å². The first-order chi connectivity index (χ1) is 13.0. The summed E-state index contributed by atoms with van der Waals surface area (Å²) < 4.78 is 3.12. The number of benzene rings is 2. The highest BCUT2D eigenvalue weighted by molar-refractivity contribution is 9.10. The van der Waals surface area contributed by atoms with Crippen LogP contribution in [0.4, 0.5) is 0 Å². The van der Waals surface area contributed by atoms with Crippen molar-refractivity contribution in [3.05, 3.63) is 87.1 Å². The first-order valence-corrected chi connectivity index (χ1v) is 9.23. The molecule has 0 unspecified atom stereocenters. The van der Waals surface area contributed by atoms with Gasteiger partial charge in [0.15, 0.2) is 0 Å². The number of hydrogen-bond donors (Lipinski definition) is 0. The maximum atomic E-state index is 12.4. The number of aromatic nitrogens is 1. The Balaban J connectivity index is 1.66. The Hall–Kier alpha value is -2.99. The van der Waals surface area contributed by atoms with Crippen LogP contribution < -0.4 is 0 Å². The highest BCUT2D eigenvalue weighted by atomic mass is 79.9. The van der Waals surface area contributed by atoms with Gasteiger partial charge in [0.05, 0.1) is 17.3 Å². The van der Waals surface area contributed by atoms with E-state index in [1.165, 1.54) is 0 Å². The highest BCUT2D eigenvalue weighted by Gasteiger charge is 2.35. The van der Waals surface area contributed by atoms with Crippen LogP contribution in [-0.2, 0) is 0 Å². The lowest BCUT2D eigenvalue weighted by molar-refractivity contribution is 0.0660. The molecule has 3 aromatic rings. The Morgan fingerprint density at radius 1 is 0.926 bits per heavy atom. The predicted octanol–water partition coefficient (Wildman–Crippen LogP) is 4.49. The second kappa shape index (κ2) is 6.63. The van der Waals surface area contributed by atoms with Crippen molar-refractivity contribution in [3.63, 3.8) is 0 Å². The van der Waals surface area contributed by atoms with Crippen LogP contribution in [-0.4, -0.2) is 27.6 Å². The topological polar surface area (TPSA) is 54.7 Å². The Morgan fingerprint density at radius 2 is 1.52 bits per heavy atom. The van der Waals surface area contributed by atoms with E-state index in [1.807, 2.05) is 44.2 Å². The zero-order chi connectivity index (χ0) is 19.1. The maximum Gasteiger partial charge on any atom is 0.282 e. The molecule has 0 N–H and O–H groups in total. The SMILES string of the molecule is Cc1cc(/C=N/N2C(=O)c3ccccc3C2=O)c(C)n1-c1ccc(Br)cc1. The van der Waals surface area contributed by atoms with Gasteiger partial charge in [-0.2, -0.15) is 10.1 Å². The summed E-state index contributed by atoms with van der Waals surface area (Å²) in [4.78, 5) is 24.8. The molecule has 0 spiro atoms. The summed E-state index contributed by atoms with van der Waals surface area (Å²) >= 11 is 3.45. The zero-order valence-corrected chi connectivity index (χ0v) is 16.4. The molecule has 0 radical (unpaired) electrons. The number of nitrogens with zero attached hydrogens (tertiary/aromatic N) is 3. The second-order valence-corrected chi connectivity index (χ2v) is 7.27. The smallest absolute Gasteiger partial charge is 0.282 e. The van der Waals surface area contributed by atoms with Crippen LogP contribution in [0.3, 0.4) is 0 Å². The zero-order valence-electron chi connectivity index (χ0n) is 14.8. The molecule has 0 fully saturated rings. The van der Waals surface area contributed by atoms with Crippen LogP contribution in [0.25, 0.3) is 5.69 Å². The number of aryl methyl sites for hydroxylation is 1. The average Bonchev–Trinajstić information content (AvgIpc) is 3.08. The van der Waals surface area contributed by atoms with Gasteiger partial charge in [-0.25, -0.2) is 0 Å². The number of rotatable bonds is 3. The van der Waals surface area contributed by atoms with E-state index in [2.05, 4.69) is 25.6 Å². The third-order valence-electron chi connectivity index (χ3n) is 4.64. The third kappa shape index (κ3) is 2.92. The Kier molecular flexibility index (Phi) is 4.28. The summed E-state index contributed by atoms with van der Waals surface area (Å²) in [7, 11) is 0. The van der Waals surface area contributed by atoms with Gasteiger partial charge < -0.3 is 4.57 Å². The van der Waals surface area contributed by atoms with Crippen LogP contribution in [0.1, 0.15) is 37.7 Å². The Labute approximate surface area is 165 Å². The van der Waals surface area contributed by atoms with Gasteiger partial charge in [0.25, 0.3) is 11.8 Å². The fourth-order valence-electron chi connectivity index (χ4n) is 3.31. The minimum absolute atomic E-state index is 0.389. The first kappa shape index (κ1) is 17.4. The van der Waals surface area contributed by atoms with E-state index in [9.17, 15) is 9.59 Å². The molecular formula is C21H16BrN3O2. The summed E-state index contributed by atoms with van der Waals surface area (Å²) in [6.07, 6.45) is 1.57. The van der Waals surface area contributed by atoms with E-state index in [0.717, 1.165) is 32.1 Å². The van der Waals surface area contributed by atoms with Gasteiger partial charge in [0, 0.05) is 27.1 Å². The molecule has 27 heavy (non-hydrogen) atoms. The molecule has 1 aromatic heterocycles. The fraction of sp³-hybridized carbons (Fsp3) is 0.0952. The van der Waals surface area contributed by atoms with E-state index in [-0.39, 0.29) is 0 Å². The average molecular weight is 422 g/mol. The first-order valence-electron chi connectivity index (χ1n) is 8.44. The molecule has 1 aliphatic heterocycles. The lowest BCUT2D eigenvalue weighted by Gasteiger charge is -2.10. The number of hydrogen-bond acceptors (Lipinski definition) is 3. The minimum Gasteiger partial charge on any atom is -0.318 e. The van der Waals surface area contributed by atoms with Gasteiger partial charge in [-0.15, -0.1) is 0 Å². The summed E-state index contributed by atoms with van der Waals surface area (Å²) in [5, 5.41) is 5.11. The maximum absolute atomic E-state index is 12.4. The second-order valence-electron chi connectivity index (χ2n) is 6.35. The van der Waals surface area contributed by atoms with Gasteiger partial charge in [-0.3, -0.25) is 9.59 Å². The van der Waals surface area contributed by atoms with Gasteiger partial charge in [0.2, 0.25) is 0 Å². The number of carbonyl (C=O) groups excluding carboxylic acids is 2. The number of amides is 2. The van der Waals surface area contributed by atoms with E-state index in [0.29, 0.717) is 11.1 Å². The normalized spacial score (nSPS) is 13.7. The van der Waals surface area contributed by atoms with Crippen LogP contribution in [0, 0.1) is 13.8 Å². The fourth-order valence-corrected chi connectivity index (χ4v) is 3.57. The van der Waals surface area contributed by atoms with E-state index < -0.39 is 11.8 Å². The van der Waals surface area contributed by atoms with Crippen LogP contribution in [0.5, 0.6) is 0 Å². The van der Waals surface area contributed by atoms with Crippen molar-refractivity contribution >= 4 is 34.0 Å². The van der Waals surface area contributed by atoms with E-state index >= 15 is 0 Å². The minimum atomic E-state index is -0.395. The molecule has 0 saturated heterocycles. The molecule has 0 saturated carbocycles. The molecule has 6 heteroatoms. The lowest BCUT2D eigenvalue weighted by Crippen LogP contribution is -2.24. The highest BCUT2D eigenvalue weighted by Crippen LogP contribution is 2.24. The molecule has 2 heterocycles. The summed E-state index contributed by atoms with van der Waals surface area (Å²) in [6, 6.07) is 16.8. The quantitative estimate of drug-likeness (QED) is 0.462. The largest absolute Gasteiger partial charge is 0.318 e. The number of halogens is 1. The van der Waals surface area contributed by atoms with Crippen LogP contribution in [0.2, 0.25) is 0 Å². The molecule has 5 nitrogen and oxygen atoms in total. The molecule has 0 bridgehead atoms. The van der Waals surface area contributed by atoms with Crippen molar-refractivity contribution in [1.29, 1.82) is 0 Å². The molecule has 134 valence electrons. The molecule has 1 aliphatic rings. The van der Waals surface area contributed by atoms with Crippen LogP contribution in [0.15, 0.2) is 64.2 Å². The molecule has 0 atom stereocenters. The summed E-state index contributed by atoms with van der Waals surface area (Å²) in [5.74, 6) is -0.790. The van der Waals surface area contributed by atoms with Crippen LogP contribution >= 0.6 is 15.9 Å². The van der Waals surface area contributed by atoms with Gasteiger partial charge in [-0.05, 0) is 56.3 Å². The summed E-state index contributed by atoms with van der Waals surface area (Å²) in [6.45, 7) is 3.99. The van der Waals surface area contributed by atoms with Crippen molar-refractivity contribution in [2.45, 2.75) is 13.8 Å². The molecule has 4 rings (SSSR count). The van der Waals surface area contributed by atoms with Gasteiger partial charge in [-0.1, -0.05) is 28.1 Å². The molecular weight excluding hydrogens is 406 g/mol. The standard InChI is InChI=1S/C21H16BrN3O2/c1-13-11-15(14(2)24(13)17-9-7-16(22)8-10-17)12-23-25-20(26)18-5-3-4-6-19(18)21(25)27/h3-12H,1-2H3/b23-12+. The predicted molar refractivity (Wildman–Crippen MR) is 107 cm³/mol. The van der Waals surface area contributed by atoms with E-state index in [4.69, 9.17) is 0 Å². The molecule has 2 aromatic carbocycles. The van der Waals surface area contributed by atoms with Crippen molar-refractivity contribution < 1.29 is 9.59 Å². The van der Waals surface area contributed by atoms with Gasteiger partial charge in [0.1, 0.15) is 0 Å². The number of imide groups is 1. The number of hydrazone groups is 1. The van der Waals surface area contributed by atoms with Crippen molar-refractivity contribution in [3.8, 4) is 5.69 Å².